The van der Waals surface area contributed by atoms with E-state index < -0.39 is 0 Å². The van der Waals surface area contributed by atoms with Crippen molar-refractivity contribution in [3.63, 3.8) is 0 Å². The van der Waals surface area contributed by atoms with Crippen LogP contribution < -0.4 is 10.6 Å². The Balaban J connectivity index is 1.71. The van der Waals surface area contributed by atoms with Crippen LogP contribution in [-0.4, -0.2) is 38.3 Å². The third-order valence-corrected chi connectivity index (χ3v) is 3.22. The van der Waals surface area contributed by atoms with Crippen LogP contribution >= 0.6 is 0 Å². The van der Waals surface area contributed by atoms with Crippen molar-refractivity contribution in [3.8, 4) is 0 Å². The summed E-state index contributed by atoms with van der Waals surface area (Å²) in [6.45, 7) is 5.39. The van der Waals surface area contributed by atoms with E-state index in [1.165, 1.54) is 6.42 Å². The van der Waals surface area contributed by atoms with Gasteiger partial charge in [0, 0.05) is 12.0 Å². The molecule has 2 aliphatic rings. The molecule has 0 bridgehead atoms. The first-order valence-corrected chi connectivity index (χ1v) is 5.78. The van der Waals surface area contributed by atoms with Crippen LogP contribution in [0.1, 0.15) is 26.2 Å². The fourth-order valence-electron chi connectivity index (χ4n) is 2.05. The first-order chi connectivity index (χ1) is 7.20. The summed E-state index contributed by atoms with van der Waals surface area (Å²) < 4.78 is 5.15. The van der Waals surface area contributed by atoms with E-state index >= 15 is 0 Å². The van der Waals surface area contributed by atoms with E-state index in [1.54, 1.807) is 0 Å². The molecule has 15 heavy (non-hydrogen) atoms. The van der Waals surface area contributed by atoms with E-state index in [4.69, 9.17) is 4.74 Å². The van der Waals surface area contributed by atoms with Crippen LogP contribution in [0.4, 0.5) is 0 Å². The van der Waals surface area contributed by atoms with Crippen molar-refractivity contribution in [1.82, 2.24) is 10.6 Å². The van der Waals surface area contributed by atoms with Crippen molar-refractivity contribution in [3.05, 3.63) is 0 Å². The fraction of sp³-hybridized carbons (Fsp3) is 0.909. The largest absolute Gasteiger partial charge is 0.380 e. The number of carbonyl (C=O) groups is 1. The van der Waals surface area contributed by atoms with Gasteiger partial charge in [-0.25, -0.2) is 0 Å². The Morgan fingerprint density at radius 1 is 1.53 bits per heavy atom. The molecule has 2 aliphatic heterocycles. The molecule has 0 radical (unpaired) electrons. The summed E-state index contributed by atoms with van der Waals surface area (Å²) in [5, 5.41) is 6.26. The van der Waals surface area contributed by atoms with Gasteiger partial charge in [-0.05, 0) is 19.4 Å². The number of rotatable bonds is 3. The van der Waals surface area contributed by atoms with Gasteiger partial charge in [-0.1, -0.05) is 13.3 Å². The van der Waals surface area contributed by atoms with Gasteiger partial charge in [-0.2, -0.15) is 0 Å². The lowest BCUT2D eigenvalue weighted by Gasteiger charge is -2.38. The van der Waals surface area contributed by atoms with E-state index in [2.05, 4.69) is 17.6 Å². The van der Waals surface area contributed by atoms with Gasteiger partial charge in [0.1, 0.15) is 0 Å². The van der Waals surface area contributed by atoms with Crippen LogP contribution in [0.5, 0.6) is 0 Å². The van der Waals surface area contributed by atoms with Crippen molar-refractivity contribution in [2.24, 2.45) is 5.41 Å². The molecule has 2 fully saturated rings. The first kappa shape index (κ1) is 10.9. The van der Waals surface area contributed by atoms with Gasteiger partial charge in [-0.3, -0.25) is 4.79 Å². The minimum absolute atomic E-state index is 0.0309. The molecule has 2 N–H and O–H groups in total. The van der Waals surface area contributed by atoms with Gasteiger partial charge in [0.25, 0.3) is 0 Å². The SMILES string of the molecule is CC1(CNC(=O)[C@H]2CCCCN2)COC1. The summed E-state index contributed by atoms with van der Waals surface area (Å²) in [7, 11) is 0. The smallest absolute Gasteiger partial charge is 0.237 e. The third-order valence-electron chi connectivity index (χ3n) is 3.22. The normalized spacial score (nSPS) is 29.3. The summed E-state index contributed by atoms with van der Waals surface area (Å²) in [6, 6.07) is 0.0309. The van der Waals surface area contributed by atoms with Crippen LogP contribution in [-0.2, 0) is 9.53 Å². The van der Waals surface area contributed by atoms with Gasteiger partial charge in [0.15, 0.2) is 0 Å². The Labute approximate surface area is 90.8 Å². The zero-order chi connectivity index (χ0) is 10.7. The van der Waals surface area contributed by atoms with Crippen LogP contribution in [0.3, 0.4) is 0 Å². The molecule has 0 aromatic rings. The molecule has 1 atom stereocenters. The first-order valence-electron chi connectivity index (χ1n) is 5.78. The number of amides is 1. The van der Waals surface area contributed by atoms with Crippen molar-refractivity contribution >= 4 is 5.91 Å². The number of ether oxygens (including phenoxy) is 1. The Morgan fingerprint density at radius 2 is 2.33 bits per heavy atom. The van der Waals surface area contributed by atoms with E-state index in [9.17, 15) is 4.79 Å². The maximum absolute atomic E-state index is 11.8. The lowest BCUT2D eigenvalue weighted by molar-refractivity contribution is -0.129. The summed E-state index contributed by atoms with van der Waals surface area (Å²) in [5.74, 6) is 0.155. The Kier molecular flexibility index (Phi) is 3.26. The Bertz CT molecular complexity index is 233. The minimum Gasteiger partial charge on any atom is -0.380 e. The molecule has 4 nitrogen and oxygen atoms in total. The summed E-state index contributed by atoms with van der Waals surface area (Å²) in [4.78, 5) is 11.8. The molecule has 2 heterocycles. The molecule has 0 aromatic carbocycles. The number of piperidine rings is 1. The van der Waals surface area contributed by atoms with Gasteiger partial charge in [-0.15, -0.1) is 0 Å². The van der Waals surface area contributed by atoms with Crippen molar-refractivity contribution in [1.29, 1.82) is 0 Å². The molecule has 2 saturated heterocycles. The average molecular weight is 212 g/mol. The molecule has 0 unspecified atom stereocenters. The second-order valence-electron chi connectivity index (χ2n) is 5.02. The zero-order valence-electron chi connectivity index (χ0n) is 9.34. The second-order valence-corrected chi connectivity index (χ2v) is 5.02. The molecular weight excluding hydrogens is 192 g/mol. The van der Waals surface area contributed by atoms with Gasteiger partial charge in [0.05, 0.1) is 19.3 Å². The quantitative estimate of drug-likeness (QED) is 0.706. The maximum Gasteiger partial charge on any atom is 0.237 e. The number of hydrogen-bond acceptors (Lipinski definition) is 3. The van der Waals surface area contributed by atoms with E-state index in [1.807, 2.05) is 0 Å². The highest BCUT2D eigenvalue weighted by atomic mass is 16.5. The monoisotopic (exact) mass is 212 g/mol. The summed E-state index contributed by atoms with van der Waals surface area (Å²) in [6.07, 6.45) is 3.32. The highest BCUT2D eigenvalue weighted by Crippen LogP contribution is 2.25. The van der Waals surface area contributed by atoms with Gasteiger partial charge >= 0.3 is 0 Å². The molecule has 0 saturated carbocycles. The molecule has 0 aliphatic carbocycles. The van der Waals surface area contributed by atoms with Crippen LogP contribution in [0.25, 0.3) is 0 Å². The van der Waals surface area contributed by atoms with Crippen molar-refractivity contribution in [2.75, 3.05) is 26.3 Å². The van der Waals surface area contributed by atoms with E-state index in [-0.39, 0.29) is 17.4 Å². The summed E-state index contributed by atoms with van der Waals surface area (Å²) in [5.41, 5.74) is 0.171. The van der Waals surface area contributed by atoms with Crippen molar-refractivity contribution in [2.45, 2.75) is 32.2 Å². The number of carbonyl (C=O) groups excluding carboxylic acids is 1. The van der Waals surface area contributed by atoms with E-state index in [0.29, 0.717) is 0 Å². The molecule has 4 heteroatoms. The molecule has 0 spiro atoms. The number of nitrogens with one attached hydrogen (secondary N) is 2. The Morgan fingerprint density at radius 3 is 2.87 bits per heavy atom. The van der Waals surface area contributed by atoms with Crippen LogP contribution in [0, 0.1) is 5.41 Å². The topological polar surface area (TPSA) is 50.4 Å². The molecular formula is C11H20N2O2. The average Bonchev–Trinajstić information content (AvgIpc) is 2.24. The second kappa shape index (κ2) is 4.49. The Hall–Kier alpha value is -0.610. The maximum atomic E-state index is 11.8. The predicted octanol–water partition coefficient (Wildman–Crippen LogP) is 0.281. The highest BCUT2D eigenvalue weighted by Gasteiger charge is 2.34. The van der Waals surface area contributed by atoms with Gasteiger partial charge < -0.3 is 15.4 Å². The number of hydrogen-bond donors (Lipinski definition) is 2. The minimum atomic E-state index is 0.0309. The predicted molar refractivity (Wildman–Crippen MR) is 57.6 cm³/mol. The molecule has 0 aromatic heterocycles. The third kappa shape index (κ3) is 2.69. The van der Waals surface area contributed by atoms with E-state index in [0.717, 1.165) is 39.1 Å². The lowest BCUT2D eigenvalue weighted by Crippen LogP contribution is -2.53. The lowest BCUT2D eigenvalue weighted by atomic mass is 9.88. The molecule has 2 rings (SSSR count). The molecule has 86 valence electrons. The highest BCUT2D eigenvalue weighted by molar-refractivity contribution is 5.81. The van der Waals surface area contributed by atoms with Gasteiger partial charge in [0.2, 0.25) is 5.91 Å². The van der Waals surface area contributed by atoms with Crippen LogP contribution in [0.15, 0.2) is 0 Å². The fourth-order valence-corrected chi connectivity index (χ4v) is 2.05. The van der Waals surface area contributed by atoms with Crippen LogP contribution in [0.2, 0.25) is 0 Å². The summed E-state index contributed by atoms with van der Waals surface area (Å²) >= 11 is 0. The molecule has 1 amide bonds. The van der Waals surface area contributed by atoms with Crippen molar-refractivity contribution < 1.29 is 9.53 Å². The standard InChI is InChI=1S/C11H20N2O2/c1-11(7-15-8-11)6-13-10(14)9-4-2-3-5-12-9/h9,12H,2-8H2,1H3,(H,13,14)/t9-/m1/s1. The zero-order valence-corrected chi connectivity index (χ0v) is 9.34.